The van der Waals surface area contributed by atoms with Crippen molar-refractivity contribution in [1.29, 1.82) is 0 Å². The SMILES string of the molecule is O=C(O)c1cc(NCCCc2ccc(F)c(F)c2)ccc1O. The van der Waals surface area contributed by atoms with Crippen LogP contribution in [0.25, 0.3) is 0 Å². The molecule has 2 rings (SSSR count). The van der Waals surface area contributed by atoms with Crippen LogP contribution in [0.1, 0.15) is 22.3 Å². The van der Waals surface area contributed by atoms with Gasteiger partial charge in [0, 0.05) is 12.2 Å². The summed E-state index contributed by atoms with van der Waals surface area (Å²) in [7, 11) is 0. The van der Waals surface area contributed by atoms with Crippen molar-refractivity contribution < 1.29 is 23.8 Å². The van der Waals surface area contributed by atoms with Crippen molar-refractivity contribution in [3.8, 4) is 5.75 Å². The van der Waals surface area contributed by atoms with Crippen LogP contribution in [0, 0.1) is 11.6 Å². The highest BCUT2D eigenvalue weighted by atomic mass is 19.2. The van der Waals surface area contributed by atoms with Crippen molar-refractivity contribution in [3.05, 3.63) is 59.2 Å². The number of halogens is 2. The molecule has 0 unspecified atom stereocenters. The summed E-state index contributed by atoms with van der Waals surface area (Å²) in [4.78, 5) is 10.9. The van der Waals surface area contributed by atoms with Crippen LogP contribution < -0.4 is 5.32 Å². The van der Waals surface area contributed by atoms with Gasteiger partial charge in [0.15, 0.2) is 11.6 Å². The average molecular weight is 307 g/mol. The van der Waals surface area contributed by atoms with E-state index < -0.39 is 17.6 Å². The molecule has 6 heteroatoms. The molecule has 0 saturated carbocycles. The van der Waals surface area contributed by atoms with E-state index in [0.717, 1.165) is 6.07 Å². The first-order chi connectivity index (χ1) is 10.5. The Morgan fingerprint density at radius 1 is 1.09 bits per heavy atom. The molecule has 0 aliphatic heterocycles. The monoisotopic (exact) mass is 307 g/mol. The van der Waals surface area contributed by atoms with Gasteiger partial charge in [-0.25, -0.2) is 13.6 Å². The predicted octanol–water partition coefficient (Wildman–Crippen LogP) is 3.41. The minimum absolute atomic E-state index is 0.175. The standard InChI is InChI=1S/C16H15F2NO3/c17-13-5-3-10(8-14(13)18)2-1-7-19-11-4-6-15(20)12(9-11)16(21)22/h3-6,8-9,19-20H,1-2,7H2,(H,21,22). The van der Waals surface area contributed by atoms with E-state index in [1.54, 1.807) is 6.07 Å². The lowest BCUT2D eigenvalue weighted by Gasteiger charge is -2.08. The van der Waals surface area contributed by atoms with E-state index in [4.69, 9.17) is 5.11 Å². The molecule has 0 saturated heterocycles. The second kappa shape index (κ2) is 6.89. The van der Waals surface area contributed by atoms with Crippen molar-refractivity contribution in [2.45, 2.75) is 12.8 Å². The molecule has 0 spiro atoms. The molecule has 0 aliphatic carbocycles. The summed E-state index contributed by atoms with van der Waals surface area (Å²) in [6.07, 6.45) is 1.22. The quantitative estimate of drug-likeness (QED) is 0.565. The van der Waals surface area contributed by atoms with Crippen LogP contribution in [-0.4, -0.2) is 22.7 Å². The van der Waals surface area contributed by atoms with Crippen molar-refractivity contribution in [1.82, 2.24) is 0 Å². The van der Waals surface area contributed by atoms with Crippen LogP contribution in [0.4, 0.5) is 14.5 Å². The first kappa shape index (κ1) is 15.8. The summed E-state index contributed by atoms with van der Waals surface area (Å²) < 4.78 is 25.8. The number of nitrogens with one attached hydrogen (secondary N) is 1. The maximum Gasteiger partial charge on any atom is 0.339 e. The minimum Gasteiger partial charge on any atom is -0.507 e. The van der Waals surface area contributed by atoms with Gasteiger partial charge in [-0.05, 0) is 48.7 Å². The van der Waals surface area contributed by atoms with E-state index in [1.165, 1.54) is 24.3 Å². The molecule has 0 aliphatic rings. The zero-order valence-corrected chi connectivity index (χ0v) is 11.6. The van der Waals surface area contributed by atoms with Crippen LogP contribution in [-0.2, 0) is 6.42 Å². The molecule has 0 aromatic heterocycles. The van der Waals surface area contributed by atoms with Crippen molar-refractivity contribution in [2.75, 3.05) is 11.9 Å². The second-order valence-corrected chi connectivity index (χ2v) is 4.82. The number of benzene rings is 2. The molecule has 22 heavy (non-hydrogen) atoms. The number of carboxylic acid groups (broad SMARTS) is 1. The molecule has 0 radical (unpaired) electrons. The molecule has 0 amide bonds. The smallest absolute Gasteiger partial charge is 0.339 e. The third-order valence-electron chi connectivity index (χ3n) is 3.18. The lowest BCUT2D eigenvalue weighted by atomic mass is 10.1. The Balaban J connectivity index is 1.87. The summed E-state index contributed by atoms with van der Waals surface area (Å²) >= 11 is 0. The Hall–Kier alpha value is -2.63. The maximum absolute atomic E-state index is 13.0. The largest absolute Gasteiger partial charge is 0.507 e. The number of carboxylic acids is 1. The predicted molar refractivity (Wildman–Crippen MR) is 78.2 cm³/mol. The molecule has 0 heterocycles. The van der Waals surface area contributed by atoms with Gasteiger partial charge in [0.25, 0.3) is 0 Å². The van der Waals surface area contributed by atoms with Crippen LogP contribution in [0.2, 0.25) is 0 Å². The number of aryl methyl sites for hydroxylation is 1. The summed E-state index contributed by atoms with van der Waals surface area (Å²) in [6, 6.07) is 8.01. The fourth-order valence-corrected chi connectivity index (χ4v) is 2.04. The Kier molecular flexibility index (Phi) is 4.93. The van der Waals surface area contributed by atoms with Gasteiger partial charge in [0.2, 0.25) is 0 Å². The molecule has 116 valence electrons. The summed E-state index contributed by atoms with van der Waals surface area (Å²) in [5.74, 6) is -3.23. The zero-order chi connectivity index (χ0) is 16.1. The fraction of sp³-hybridized carbons (Fsp3) is 0.188. The molecule has 4 nitrogen and oxygen atoms in total. The zero-order valence-electron chi connectivity index (χ0n) is 11.6. The third-order valence-corrected chi connectivity index (χ3v) is 3.18. The van der Waals surface area contributed by atoms with Crippen LogP contribution >= 0.6 is 0 Å². The number of aromatic carboxylic acids is 1. The first-order valence-electron chi connectivity index (χ1n) is 6.71. The topological polar surface area (TPSA) is 69.6 Å². The first-order valence-corrected chi connectivity index (χ1v) is 6.71. The average Bonchev–Trinajstić information content (AvgIpc) is 2.48. The maximum atomic E-state index is 13.0. The highest BCUT2D eigenvalue weighted by Gasteiger charge is 2.09. The van der Waals surface area contributed by atoms with E-state index in [0.29, 0.717) is 30.6 Å². The molecule has 0 atom stereocenters. The normalized spacial score (nSPS) is 10.5. The second-order valence-electron chi connectivity index (χ2n) is 4.82. The van der Waals surface area contributed by atoms with Crippen molar-refractivity contribution >= 4 is 11.7 Å². The van der Waals surface area contributed by atoms with E-state index in [2.05, 4.69) is 5.32 Å². The van der Waals surface area contributed by atoms with E-state index in [9.17, 15) is 18.7 Å². The van der Waals surface area contributed by atoms with Gasteiger partial charge in [-0.1, -0.05) is 6.07 Å². The van der Waals surface area contributed by atoms with Gasteiger partial charge in [-0.2, -0.15) is 0 Å². The van der Waals surface area contributed by atoms with E-state index in [-0.39, 0.29) is 11.3 Å². The lowest BCUT2D eigenvalue weighted by molar-refractivity contribution is 0.0694. The van der Waals surface area contributed by atoms with Gasteiger partial charge in [-0.3, -0.25) is 0 Å². The fourth-order valence-electron chi connectivity index (χ4n) is 2.04. The Labute approximate surface area is 126 Å². The Bertz CT molecular complexity index is 689. The number of aromatic hydroxyl groups is 1. The molecule has 2 aromatic rings. The number of hydrogen-bond acceptors (Lipinski definition) is 3. The van der Waals surface area contributed by atoms with Crippen molar-refractivity contribution in [2.24, 2.45) is 0 Å². The summed E-state index contributed by atoms with van der Waals surface area (Å²) in [6.45, 7) is 0.531. The number of phenols is 1. The lowest BCUT2D eigenvalue weighted by Crippen LogP contribution is -2.05. The third kappa shape index (κ3) is 3.94. The van der Waals surface area contributed by atoms with Gasteiger partial charge in [-0.15, -0.1) is 0 Å². The Morgan fingerprint density at radius 3 is 2.55 bits per heavy atom. The molecule has 0 fully saturated rings. The van der Waals surface area contributed by atoms with E-state index in [1.807, 2.05) is 0 Å². The molecular formula is C16H15F2NO3. The van der Waals surface area contributed by atoms with Gasteiger partial charge in [0.05, 0.1) is 0 Å². The number of hydrogen-bond donors (Lipinski definition) is 3. The van der Waals surface area contributed by atoms with Gasteiger partial charge < -0.3 is 15.5 Å². The minimum atomic E-state index is -1.21. The highest BCUT2D eigenvalue weighted by molar-refractivity contribution is 5.91. The van der Waals surface area contributed by atoms with Gasteiger partial charge >= 0.3 is 5.97 Å². The number of anilines is 1. The van der Waals surface area contributed by atoms with Gasteiger partial charge in [0.1, 0.15) is 11.3 Å². The highest BCUT2D eigenvalue weighted by Crippen LogP contribution is 2.21. The Morgan fingerprint density at radius 2 is 1.86 bits per heavy atom. The molecule has 2 aromatic carbocycles. The summed E-state index contributed by atoms with van der Waals surface area (Å²) in [5, 5.41) is 21.3. The molecular weight excluding hydrogens is 292 g/mol. The number of rotatable bonds is 6. The van der Waals surface area contributed by atoms with E-state index >= 15 is 0 Å². The molecule has 0 bridgehead atoms. The summed E-state index contributed by atoms with van der Waals surface area (Å²) in [5.41, 5.74) is 1.09. The van der Waals surface area contributed by atoms with Crippen LogP contribution in [0.15, 0.2) is 36.4 Å². The van der Waals surface area contributed by atoms with Crippen LogP contribution in [0.5, 0.6) is 5.75 Å². The van der Waals surface area contributed by atoms with Crippen LogP contribution in [0.3, 0.4) is 0 Å². The number of carbonyl (C=O) groups is 1. The van der Waals surface area contributed by atoms with Crippen molar-refractivity contribution in [3.63, 3.8) is 0 Å². The molecule has 3 N–H and O–H groups in total.